The van der Waals surface area contributed by atoms with Gasteiger partial charge in [0.05, 0.1) is 5.69 Å². The van der Waals surface area contributed by atoms with E-state index in [1.54, 1.807) is 11.3 Å². The normalized spacial score (nSPS) is 22.7. The van der Waals surface area contributed by atoms with Crippen LogP contribution in [0.4, 0.5) is 0 Å². The summed E-state index contributed by atoms with van der Waals surface area (Å²) in [5.74, 6) is 0. The summed E-state index contributed by atoms with van der Waals surface area (Å²) in [4.78, 5) is 6.01. The Hall–Kier alpha value is -0.450. The number of hydrogen-bond acceptors (Lipinski definition) is 4. The minimum absolute atomic E-state index is 0.0555. The van der Waals surface area contributed by atoms with Crippen molar-refractivity contribution in [1.82, 2.24) is 4.98 Å². The SMILES string of the molecule is CCOC1(c2nc(C)c(C(C)N)s2)CCC(C)(C)CC1. The molecule has 2 N–H and O–H groups in total. The fraction of sp³-hybridized carbons (Fsp3) is 0.812. The molecule has 2 rings (SSSR count). The zero-order valence-electron chi connectivity index (χ0n) is 13.5. The van der Waals surface area contributed by atoms with Gasteiger partial charge in [0, 0.05) is 17.5 Å². The van der Waals surface area contributed by atoms with Gasteiger partial charge in [-0.15, -0.1) is 11.3 Å². The van der Waals surface area contributed by atoms with Crippen LogP contribution in [0.1, 0.15) is 75.0 Å². The van der Waals surface area contributed by atoms with Crippen LogP contribution in [0, 0.1) is 12.3 Å². The van der Waals surface area contributed by atoms with Crippen LogP contribution in [0.5, 0.6) is 0 Å². The molecule has 1 fully saturated rings. The Morgan fingerprint density at radius 2 is 1.90 bits per heavy atom. The van der Waals surface area contributed by atoms with E-state index in [4.69, 9.17) is 15.5 Å². The van der Waals surface area contributed by atoms with E-state index in [9.17, 15) is 0 Å². The van der Waals surface area contributed by atoms with Crippen molar-refractivity contribution in [3.63, 3.8) is 0 Å². The molecule has 1 aromatic heterocycles. The number of rotatable bonds is 4. The molecule has 0 saturated heterocycles. The topological polar surface area (TPSA) is 48.1 Å². The van der Waals surface area contributed by atoms with Crippen molar-refractivity contribution < 1.29 is 4.74 Å². The molecule has 4 heteroatoms. The minimum Gasteiger partial charge on any atom is -0.368 e. The Balaban J connectivity index is 2.32. The van der Waals surface area contributed by atoms with Crippen molar-refractivity contribution in [3.8, 4) is 0 Å². The third-order valence-corrected chi connectivity index (χ3v) is 6.01. The lowest BCUT2D eigenvalue weighted by atomic mass is 9.71. The van der Waals surface area contributed by atoms with E-state index in [2.05, 4.69) is 27.7 Å². The van der Waals surface area contributed by atoms with Gasteiger partial charge in [-0.3, -0.25) is 0 Å². The van der Waals surface area contributed by atoms with E-state index < -0.39 is 0 Å². The predicted molar refractivity (Wildman–Crippen MR) is 85.0 cm³/mol. The van der Waals surface area contributed by atoms with E-state index in [-0.39, 0.29) is 11.6 Å². The number of nitrogens with zero attached hydrogens (tertiary/aromatic N) is 1. The maximum atomic E-state index is 6.20. The van der Waals surface area contributed by atoms with Gasteiger partial charge >= 0.3 is 0 Å². The molecule has 0 spiro atoms. The zero-order valence-corrected chi connectivity index (χ0v) is 14.3. The molecular formula is C16H28N2OS. The molecule has 0 aromatic carbocycles. The Morgan fingerprint density at radius 3 is 2.35 bits per heavy atom. The maximum Gasteiger partial charge on any atom is 0.125 e. The second kappa shape index (κ2) is 5.74. The minimum atomic E-state index is -0.174. The van der Waals surface area contributed by atoms with Gasteiger partial charge in [-0.05, 0) is 51.9 Å². The first-order chi connectivity index (χ1) is 9.30. The summed E-state index contributed by atoms with van der Waals surface area (Å²) in [6.45, 7) is 11.6. The van der Waals surface area contributed by atoms with Gasteiger partial charge in [0.1, 0.15) is 10.6 Å². The van der Waals surface area contributed by atoms with Crippen LogP contribution in [0.2, 0.25) is 0 Å². The molecule has 1 aliphatic carbocycles. The Kier molecular flexibility index (Phi) is 4.57. The molecule has 1 saturated carbocycles. The first-order valence-electron chi connectivity index (χ1n) is 7.67. The number of thiazole rings is 1. The molecule has 1 aromatic rings. The van der Waals surface area contributed by atoms with E-state index in [0.29, 0.717) is 5.41 Å². The highest BCUT2D eigenvalue weighted by Gasteiger charge is 2.42. The highest BCUT2D eigenvalue weighted by atomic mass is 32.1. The second-order valence-corrected chi connectivity index (χ2v) is 7.88. The summed E-state index contributed by atoms with van der Waals surface area (Å²) in [6, 6.07) is 0.0555. The van der Waals surface area contributed by atoms with E-state index in [0.717, 1.165) is 30.2 Å². The summed E-state index contributed by atoms with van der Waals surface area (Å²) >= 11 is 1.75. The number of aromatic nitrogens is 1. The molecule has 1 aliphatic rings. The molecule has 1 unspecified atom stereocenters. The molecule has 1 heterocycles. The van der Waals surface area contributed by atoms with Crippen LogP contribution >= 0.6 is 11.3 Å². The lowest BCUT2D eigenvalue weighted by molar-refractivity contribution is -0.0890. The molecule has 20 heavy (non-hydrogen) atoms. The summed E-state index contributed by atoms with van der Waals surface area (Å²) in [7, 11) is 0. The average Bonchev–Trinajstić information content (AvgIpc) is 2.75. The fourth-order valence-corrected chi connectivity index (χ4v) is 4.27. The number of nitrogens with two attached hydrogens (primary N) is 1. The van der Waals surface area contributed by atoms with Gasteiger partial charge in [-0.1, -0.05) is 13.8 Å². The maximum absolute atomic E-state index is 6.20. The fourth-order valence-electron chi connectivity index (χ4n) is 3.05. The van der Waals surface area contributed by atoms with Crippen molar-refractivity contribution in [3.05, 3.63) is 15.6 Å². The molecule has 0 bridgehead atoms. The molecule has 114 valence electrons. The van der Waals surface area contributed by atoms with Gasteiger partial charge < -0.3 is 10.5 Å². The Labute approximate surface area is 126 Å². The van der Waals surface area contributed by atoms with Crippen LogP contribution in [-0.2, 0) is 10.3 Å². The van der Waals surface area contributed by atoms with Crippen molar-refractivity contribution in [2.24, 2.45) is 11.1 Å². The van der Waals surface area contributed by atoms with Crippen molar-refractivity contribution in [2.45, 2.75) is 71.9 Å². The summed E-state index contributed by atoms with van der Waals surface area (Å²) in [5.41, 5.74) is 7.37. The van der Waals surface area contributed by atoms with Crippen LogP contribution in [-0.4, -0.2) is 11.6 Å². The predicted octanol–water partition coefficient (Wildman–Crippen LogP) is 4.30. The van der Waals surface area contributed by atoms with Crippen LogP contribution in [0.25, 0.3) is 0 Å². The van der Waals surface area contributed by atoms with E-state index >= 15 is 0 Å². The summed E-state index contributed by atoms with van der Waals surface area (Å²) in [5, 5.41) is 1.14. The highest BCUT2D eigenvalue weighted by molar-refractivity contribution is 7.12. The highest BCUT2D eigenvalue weighted by Crippen LogP contribution is 2.48. The van der Waals surface area contributed by atoms with Crippen molar-refractivity contribution in [2.75, 3.05) is 6.61 Å². The standard InChI is InChI=1S/C16H28N2OS/c1-6-19-16(9-7-15(4,5)8-10-16)14-18-12(3)13(20-14)11(2)17/h11H,6-10,17H2,1-5H3. The van der Waals surface area contributed by atoms with E-state index in [1.165, 1.54) is 17.7 Å². The van der Waals surface area contributed by atoms with Crippen LogP contribution in [0.15, 0.2) is 0 Å². The zero-order chi connectivity index (χ0) is 15.0. The lowest BCUT2D eigenvalue weighted by Gasteiger charge is -2.42. The second-order valence-electron chi connectivity index (χ2n) is 6.85. The average molecular weight is 296 g/mol. The molecule has 0 radical (unpaired) electrons. The smallest absolute Gasteiger partial charge is 0.125 e. The lowest BCUT2D eigenvalue weighted by Crippen LogP contribution is -2.37. The van der Waals surface area contributed by atoms with Gasteiger partial charge in [0.15, 0.2) is 0 Å². The quantitative estimate of drug-likeness (QED) is 0.901. The first-order valence-corrected chi connectivity index (χ1v) is 8.49. The monoisotopic (exact) mass is 296 g/mol. The molecular weight excluding hydrogens is 268 g/mol. The van der Waals surface area contributed by atoms with Gasteiger partial charge in [0.25, 0.3) is 0 Å². The first kappa shape index (κ1) is 15.9. The van der Waals surface area contributed by atoms with E-state index in [1.807, 2.05) is 6.92 Å². The third kappa shape index (κ3) is 3.07. The summed E-state index contributed by atoms with van der Waals surface area (Å²) < 4.78 is 6.20. The summed E-state index contributed by atoms with van der Waals surface area (Å²) in [6.07, 6.45) is 4.52. The van der Waals surface area contributed by atoms with Gasteiger partial charge in [-0.2, -0.15) is 0 Å². The Morgan fingerprint density at radius 1 is 1.30 bits per heavy atom. The number of aryl methyl sites for hydroxylation is 1. The van der Waals surface area contributed by atoms with Crippen LogP contribution in [0.3, 0.4) is 0 Å². The largest absolute Gasteiger partial charge is 0.368 e. The van der Waals surface area contributed by atoms with Crippen LogP contribution < -0.4 is 5.73 Å². The molecule has 0 amide bonds. The number of hydrogen-bond donors (Lipinski definition) is 1. The molecule has 0 aliphatic heterocycles. The third-order valence-electron chi connectivity index (χ3n) is 4.47. The Bertz CT molecular complexity index is 455. The van der Waals surface area contributed by atoms with Crippen molar-refractivity contribution in [1.29, 1.82) is 0 Å². The molecule has 3 nitrogen and oxygen atoms in total. The molecule has 1 atom stereocenters. The van der Waals surface area contributed by atoms with Crippen molar-refractivity contribution >= 4 is 11.3 Å². The van der Waals surface area contributed by atoms with Gasteiger partial charge in [0.2, 0.25) is 0 Å². The number of ether oxygens (including phenoxy) is 1. The van der Waals surface area contributed by atoms with Gasteiger partial charge in [-0.25, -0.2) is 4.98 Å².